The average molecular weight is 454 g/mol. The maximum Gasteiger partial charge on any atom is 0.329 e. The van der Waals surface area contributed by atoms with Gasteiger partial charge >= 0.3 is 11.7 Å². The van der Waals surface area contributed by atoms with Crippen LogP contribution < -0.4 is 11.0 Å². The molecule has 0 aliphatic rings. The normalized spacial score (nSPS) is 10.9. The zero-order chi connectivity index (χ0) is 20.4. The number of nitrogens with zero attached hydrogens (tertiary/aromatic N) is 2. The molecule has 0 atom stereocenters. The fourth-order valence-electron chi connectivity index (χ4n) is 2.67. The van der Waals surface area contributed by atoms with E-state index in [0.717, 1.165) is 6.07 Å². The van der Waals surface area contributed by atoms with Crippen molar-refractivity contribution in [2.24, 2.45) is 7.05 Å². The molecule has 2 aromatic carbocycles. The molecule has 28 heavy (non-hydrogen) atoms. The number of carbonyl (C=O) groups is 2. The Labute approximate surface area is 165 Å². The molecule has 0 radical (unpaired) electrons. The molecule has 0 aliphatic heterocycles. The quantitative estimate of drug-likeness (QED) is 0.601. The molecule has 7 nitrogen and oxygen atoms in total. The Morgan fingerprint density at radius 2 is 1.86 bits per heavy atom. The second kappa shape index (κ2) is 7.93. The molecule has 1 aromatic heterocycles. The van der Waals surface area contributed by atoms with E-state index in [1.807, 2.05) is 0 Å². The first-order chi connectivity index (χ1) is 13.3. The number of fused-ring (bicyclic) bond motifs is 1. The third-order valence-corrected chi connectivity index (χ3v) is 4.60. The van der Waals surface area contributed by atoms with E-state index < -0.39 is 35.8 Å². The summed E-state index contributed by atoms with van der Waals surface area (Å²) in [4.78, 5) is 36.2. The van der Waals surface area contributed by atoms with Crippen LogP contribution in [-0.4, -0.2) is 27.6 Å². The number of amides is 1. The van der Waals surface area contributed by atoms with Crippen molar-refractivity contribution >= 4 is 44.5 Å². The van der Waals surface area contributed by atoms with Crippen molar-refractivity contribution in [3.8, 4) is 0 Å². The molecule has 10 heteroatoms. The lowest BCUT2D eigenvalue weighted by atomic mass is 10.3. The molecule has 1 heterocycles. The second-order valence-corrected chi connectivity index (χ2v) is 6.72. The van der Waals surface area contributed by atoms with Gasteiger partial charge in [0, 0.05) is 17.6 Å². The number of aryl methyl sites for hydroxylation is 1. The number of esters is 1. The number of nitrogens with one attached hydrogen (secondary N) is 1. The van der Waals surface area contributed by atoms with Gasteiger partial charge in [0.05, 0.1) is 16.7 Å². The van der Waals surface area contributed by atoms with E-state index in [4.69, 9.17) is 4.74 Å². The number of para-hydroxylation sites is 2. The second-order valence-electron chi connectivity index (χ2n) is 5.87. The Morgan fingerprint density at radius 1 is 1.18 bits per heavy atom. The lowest BCUT2D eigenvalue weighted by Gasteiger charge is -2.09. The van der Waals surface area contributed by atoms with Gasteiger partial charge in [-0.2, -0.15) is 0 Å². The van der Waals surface area contributed by atoms with Gasteiger partial charge in [-0.05, 0) is 34.1 Å². The van der Waals surface area contributed by atoms with Gasteiger partial charge in [-0.25, -0.2) is 13.6 Å². The molecule has 0 saturated heterocycles. The predicted octanol–water partition coefficient (Wildman–Crippen LogP) is 2.56. The van der Waals surface area contributed by atoms with E-state index >= 15 is 0 Å². The molecule has 146 valence electrons. The molecule has 0 bridgehead atoms. The van der Waals surface area contributed by atoms with E-state index in [0.29, 0.717) is 17.1 Å². The van der Waals surface area contributed by atoms with Crippen LogP contribution in [0.1, 0.15) is 0 Å². The van der Waals surface area contributed by atoms with Crippen LogP contribution >= 0.6 is 15.9 Å². The van der Waals surface area contributed by atoms with Gasteiger partial charge in [0.15, 0.2) is 12.4 Å². The van der Waals surface area contributed by atoms with E-state index in [1.165, 1.54) is 9.13 Å². The molecular formula is C18H14BrF2N3O4. The van der Waals surface area contributed by atoms with E-state index in [2.05, 4.69) is 21.2 Å². The molecule has 0 saturated carbocycles. The molecular weight excluding hydrogens is 440 g/mol. The van der Waals surface area contributed by atoms with Crippen LogP contribution in [-0.2, 0) is 27.9 Å². The molecule has 1 amide bonds. The minimum absolute atomic E-state index is 0.00647. The number of halogens is 3. The summed E-state index contributed by atoms with van der Waals surface area (Å²) in [6.45, 7) is -1.08. The fourth-order valence-corrected chi connectivity index (χ4v) is 3.18. The molecule has 3 rings (SSSR count). The summed E-state index contributed by atoms with van der Waals surface area (Å²) in [6, 6.07) is 8.51. The Balaban J connectivity index is 1.65. The maximum absolute atomic E-state index is 13.7. The van der Waals surface area contributed by atoms with Gasteiger partial charge in [0.1, 0.15) is 12.4 Å². The van der Waals surface area contributed by atoms with Gasteiger partial charge in [-0.1, -0.05) is 12.1 Å². The third kappa shape index (κ3) is 3.96. The van der Waals surface area contributed by atoms with Crippen molar-refractivity contribution in [2.75, 3.05) is 11.9 Å². The largest absolute Gasteiger partial charge is 0.454 e. The van der Waals surface area contributed by atoms with Gasteiger partial charge in [-0.3, -0.25) is 18.7 Å². The zero-order valence-electron chi connectivity index (χ0n) is 14.5. The summed E-state index contributed by atoms with van der Waals surface area (Å²) in [5.74, 6) is -3.42. The molecule has 0 aliphatic carbocycles. The SMILES string of the molecule is Cn1c(=O)n(CC(=O)OCC(=O)Nc2c(F)cc(F)cc2Br)c2ccccc21. The summed E-state index contributed by atoms with van der Waals surface area (Å²) in [6.07, 6.45) is 0. The molecule has 3 aromatic rings. The first kappa shape index (κ1) is 19.7. The zero-order valence-corrected chi connectivity index (χ0v) is 16.1. The number of hydrogen-bond acceptors (Lipinski definition) is 4. The minimum Gasteiger partial charge on any atom is -0.454 e. The van der Waals surface area contributed by atoms with E-state index in [9.17, 15) is 23.2 Å². The van der Waals surface area contributed by atoms with Crippen molar-refractivity contribution < 1.29 is 23.1 Å². The topological polar surface area (TPSA) is 82.3 Å². The number of carbonyl (C=O) groups excluding carboxylic acids is 2. The van der Waals surface area contributed by atoms with Crippen molar-refractivity contribution in [1.29, 1.82) is 0 Å². The van der Waals surface area contributed by atoms with Crippen LogP contribution in [0, 0.1) is 11.6 Å². The average Bonchev–Trinajstić information content (AvgIpc) is 2.88. The monoisotopic (exact) mass is 453 g/mol. The van der Waals surface area contributed by atoms with Gasteiger partial charge in [0.25, 0.3) is 5.91 Å². The Kier molecular flexibility index (Phi) is 5.59. The summed E-state index contributed by atoms with van der Waals surface area (Å²) in [5.41, 5.74) is 0.524. The van der Waals surface area contributed by atoms with Gasteiger partial charge < -0.3 is 10.1 Å². The number of aromatic nitrogens is 2. The van der Waals surface area contributed by atoms with Crippen LogP contribution in [0.3, 0.4) is 0 Å². The molecule has 0 fully saturated rings. The summed E-state index contributed by atoms with van der Waals surface area (Å²) in [7, 11) is 1.58. The Bertz CT molecular complexity index is 1120. The third-order valence-electron chi connectivity index (χ3n) is 3.97. The van der Waals surface area contributed by atoms with Crippen LogP contribution in [0.15, 0.2) is 45.7 Å². The number of rotatable bonds is 5. The first-order valence-electron chi connectivity index (χ1n) is 8.02. The lowest BCUT2D eigenvalue weighted by Crippen LogP contribution is -2.28. The first-order valence-corrected chi connectivity index (χ1v) is 8.81. The predicted molar refractivity (Wildman–Crippen MR) is 101 cm³/mol. The number of anilines is 1. The standard InChI is InChI=1S/C18H14BrF2N3O4/c1-23-13-4-2-3-5-14(13)24(18(23)27)8-16(26)28-9-15(25)22-17-11(19)6-10(20)7-12(17)21/h2-7H,8-9H2,1H3,(H,22,25). The highest BCUT2D eigenvalue weighted by Gasteiger charge is 2.17. The van der Waals surface area contributed by atoms with Crippen molar-refractivity contribution in [3.05, 3.63) is 63.0 Å². The van der Waals surface area contributed by atoms with Gasteiger partial charge in [0.2, 0.25) is 0 Å². The molecule has 0 unspecified atom stereocenters. The molecule has 1 N–H and O–H groups in total. The summed E-state index contributed by atoms with van der Waals surface area (Å²) < 4.78 is 34.3. The molecule has 0 spiro atoms. The Morgan fingerprint density at radius 3 is 2.54 bits per heavy atom. The van der Waals surface area contributed by atoms with E-state index in [1.54, 1.807) is 31.3 Å². The highest BCUT2D eigenvalue weighted by Crippen LogP contribution is 2.26. The highest BCUT2D eigenvalue weighted by atomic mass is 79.9. The fraction of sp³-hybridized carbons (Fsp3) is 0.167. The van der Waals surface area contributed by atoms with Crippen LogP contribution in [0.25, 0.3) is 11.0 Å². The van der Waals surface area contributed by atoms with Crippen molar-refractivity contribution in [3.63, 3.8) is 0 Å². The number of hydrogen-bond donors (Lipinski definition) is 1. The van der Waals surface area contributed by atoms with Crippen molar-refractivity contribution in [1.82, 2.24) is 9.13 Å². The lowest BCUT2D eigenvalue weighted by molar-refractivity contribution is -0.147. The maximum atomic E-state index is 13.7. The highest BCUT2D eigenvalue weighted by molar-refractivity contribution is 9.10. The van der Waals surface area contributed by atoms with Crippen LogP contribution in [0.5, 0.6) is 0 Å². The van der Waals surface area contributed by atoms with Crippen LogP contribution in [0.4, 0.5) is 14.5 Å². The van der Waals surface area contributed by atoms with Crippen molar-refractivity contribution in [2.45, 2.75) is 6.54 Å². The van der Waals surface area contributed by atoms with E-state index in [-0.39, 0.29) is 16.7 Å². The number of ether oxygens (including phenoxy) is 1. The number of benzene rings is 2. The minimum atomic E-state index is -0.978. The number of imidazole rings is 1. The Hall–Kier alpha value is -3.01. The van der Waals surface area contributed by atoms with Crippen LogP contribution in [0.2, 0.25) is 0 Å². The summed E-state index contributed by atoms with van der Waals surface area (Å²) in [5, 5.41) is 2.19. The smallest absolute Gasteiger partial charge is 0.329 e. The summed E-state index contributed by atoms with van der Waals surface area (Å²) >= 11 is 2.94. The van der Waals surface area contributed by atoms with Gasteiger partial charge in [-0.15, -0.1) is 0 Å².